The number of aliphatic carboxylic acids is 1. The summed E-state index contributed by atoms with van der Waals surface area (Å²) in [5.41, 5.74) is -0.0331. The SMILES string of the molecule is C/C(=C\C(=O)O)C(=O)OCCN1CCC(F)(F)C1.Cl. The zero-order valence-electron chi connectivity index (χ0n) is 10.4. The van der Waals surface area contributed by atoms with E-state index < -0.39 is 17.9 Å². The Morgan fingerprint density at radius 3 is 2.58 bits per heavy atom. The van der Waals surface area contributed by atoms with Crippen LogP contribution in [-0.4, -0.2) is 54.1 Å². The molecule has 0 radical (unpaired) electrons. The van der Waals surface area contributed by atoms with Gasteiger partial charge in [-0.2, -0.15) is 0 Å². The van der Waals surface area contributed by atoms with Crippen molar-refractivity contribution < 1.29 is 28.2 Å². The lowest BCUT2D eigenvalue weighted by atomic mass is 10.3. The maximum atomic E-state index is 12.8. The van der Waals surface area contributed by atoms with Gasteiger partial charge in [-0.25, -0.2) is 18.4 Å². The number of hydrogen-bond acceptors (Lipinski definition) is 4. The van der Waals surface area contributed by atoms with Gasteiger partial charge < -0.3 is 9.84 Å². The number of halogens is 3. The molecule has 1 aliphatic heterocycles. The second-order valence-corrected chi connectivity index (χ2v) is 4.18. The quantitative estimate of drug-likeness (QED) is 0.613. The molecule has 0 aromatic carbocycles. The smallest absolute Gasteiger partial charge is 0.334 e. The molecule has 0 aromatic heterocycles. The Morgan fingerprint density at radius 1 is 1.47 bits per heavy atom. The van der Waals surface area contributed by atoms with Gasteiger partial charge in [-0.05, 0) is 6.92 Å². The van der Waals surface area contributed by atoms with Gasteiger partial charge in [-0.1, -0.05) is 0 Å². The Kier molecular flexibility index (Phi) is 6.93. The molecule has 0 aromatic rings. The van der Waals surface area contributed by atoms with Crippen LogP contribution in [0.1, 0.15) is 13.3 Å². The van der Waals surface area contributed by atoms with E-state index in [1.807, 2.05) is 0 Å². The number of rotatable bonds is 5. The minimum absolute atomic E-state index is 0. The highest BCUT2D eigenvalue weighted by molar-refractivity contribution is 5.95. The zero-order chi connectivity index (χ0) is 13.8. The summed E-state index contributed by atoms with van der Waals surface area (Å²) >= 11 is 0. The van der Waals surface area contributed by atoms with Crippen molar-refractivity contribution in [3.8, 4) is 0 Å². The predicted octanol–water partition coefficient (Wildman–Crippen LogP) is 1.32. The van der Waals surface area contributed by atoms with Gasteiger partial charge in [0.1, 0.15) is 6.61 Å². The Morgan fingerprint density at radius 2 is 2.11 bits per heavy atom. The summed E-state index contributed by atoms with van der Waals surface area (Å²) in [6.07, 6.45) is 0.561. The van der Waals surface area contributed by atoms with E-state index in [1.165, 1.54) is 11.8 Å². The normalized spacial score (nSPS) is 18.8. The average molecular weight is 300 g/mol. The van der Waals surface area contributed by atoms with Crippen LogP contribution in [0.3, 0.4) is 0 Å². The molecule has 0 amide bonds. The first-order valence-corrected chi connectivity index (χ1v) is 5.49. The fourth-order valence-corrected chi connectivity index (χ4v) is 1.62. The first-order chi connectivity index (χ1) is 8.30. The first kappa shape index (κ1) is 17.8. The van der Waals surface area contributed by atoms with Gasteiger partial charge in [0.15, 0.2) is 0 Å². The van der Waals surface area contributed by atoms with Crippen LogP contribution in [-0.2, 0) is 14.3 Å². The summed E-state index contributed by atoms with van der Waals surface area (Å²) in [7, 11) is 0. The van der Waals surface area contributed by atoms with Crippen molar-refractivity contribution in [3.05, 3.63) is 11.6 Å². The summed E-state index contributed by atoms with van der Waals surface area (Å²) in [5.74, 6) is -4.64. The maximum absolute atomic E-state index is 12.8. The molecule has 0 spiro atoms. The largest absolute Gasteiger partial charge is 0.478 e. The maximum Gasteiger partial charge on any atom is 0.334 e. The molecule has 1 saturated heterocycles. The van der Waals surface area contributed by atoms with Gasteiger partial charge in [-0.15, -0.1) is 12.4 Å². The number of carbonyl (C=O) groups excluding carboxylic acids is 1. The molecule has 5 nitrogen and oxygen atoms in total. The third-order valence-corrected chi connectivity index (χ3v) is 2.55. The van der Waals surface area contributed by atoms with Crippen LogP contribution in [0.4, 0.5) is 8.78 Å². The van der Waals surface area contributed by atoms with Crippen LogP contribution < -0.4 is 0 Å². The molecule has 1 N–H and O–H groups in total. The summed E-state index contributed by atoms with van der Waals surface area (Å²) < 4.78 is 30.4. The van der Waals surface area contributed by atoms with Crippen LogP contribution in [0.5, 0.6) is 0 Å². The molecule has 1 heterocycles. The van der Waals surface area contributed by atoms with E-state index in [9.17, 15) is 18.4 Å². The average Bonchev–Trinajstić information content (AvgIpc) is 2.57. The van der Waals surface area contributed by atoms with E-state index in [0.29, 0.717) is 0 Å². The number of hydrogen-bond donors (Lipinski definition) is 1. The van der Waals surface area contributed by atoms with Crippen LogP contribution in [0.2, 0.25) is 0 Å². The second-order valence-electron chi connectivity index (χ2n) is 4.18. The molecule has 110 valence electrons. The lowest BCUT2D eigenvalue weighted by Crippen LogP contribution is -2.29. The highest BCUT2D eigenvalue weighted by Crippen LogP contribution is 2.26. The van der Waals surface area contributed by atoms with E-state index >= 15 is 0 Å². The van der Waals surface area contributed by atoms with Gasteiger partial charge >= 0.3 is 11.9 Å². The van der Waals surface area contributed by atoms with Crippen molar-refractivity contribution in [1.82, 2.24) is 4.90 Å². The van der Waals surface area contributed by atoms with E-state index in [2.05, 4.69) is 0 Å². The summed E-state index contributed by atoms with van der Waals surface area (Å²) in [5, 5.41) is 8.41. The van der Waals surface area contributed by atoms with E-state index in [0.717, 1.165) is 6.08 Å². The molecular formula is C11H16ClF2NO4. The molecule has 0 atom stereocenters. The van der Waals surface area contributed by atoms with Crippen molar-refractivity contribution in [2.24, 2.45) is 0 Å². The fourth-order valence-electron chi connectivity index (χ4n) is 1.62. The van der Waals surface area contributed by atoms with Crippen LogP contribution in [0, 0.1) is 0 Å². The topological polar surface area (TPSA) is 66.8 Å². The Balaban J connectivity index is 0.00000324. The number of carboxylic acids is 1. The number of alkyl halides is 2. The molecule has 1 fully saturated rings. The number of likely N-dealkylation sites (tertiary alicyclic amines) is 1. The van der Waals surface area contributed by atoms with Crippen LogP contribution >= 0.6 is 12.4 Å². The van der Waals surface area contributed by atoms with Crippen molar-refractivity contribution in [3.63, 3.8) is 0 Å². The fraction of sp³-hybridized carbons (Fsp3) is 0.636. The summed E-state index contributed by atoms with van der Waals surface area (Å²) in [6, 6.07) is 0. The number of ether oxygens (including phenoxy) is 1. The minimum Gasteiger partial charge on any atom is -0.478 e. The Labute approximate surface area is 115 Å². The summed E-state index contributed by atoms with van der Waals surface area (Å²) in [6.45, 7) is 1.46. The number of esters is 1. The molecule has 1 rings (SSSR count). The lowest BCUT2D eigenvalue weighted by molar-refractivity contribution is -0.140. The molecule has 1 aliphatic rings. The van der Waals surface area contributed by atoms with Crippen molar-refractivity contribution in [2.45, 2.75) is 19.3 Å². The first-order valence-electron chi connectivity index (χ1n) is 5.49. The van der Waals surface area contributed by atoms with Crippen molar-refractivity contribution in [1.29, 1.82) is 0 Å². The number of nitrogens with zero attached hydrogens (tertiary/aromatic N) is 1. The third-order valence-electron chi connectivity index (χ3n) is 2.55. The molecule has 19 heavy (non-hydrogen) atoms. The standard InChI is InChI=1S/C11H15F2NO4.ClH/c1-8(6-9(15)16)10(17)18-5-4-14-3-2-11(12,13)7-14;/h6H,2-5,7H2,1H3,(H,15,16);1H/b8-6+;. The third kappa shape index (κ3) is 6.49. The highest BCUT2D eigenvalue weighted by atomic mass is 35.5. The molecule has 0 aliphatic carbocycles. The van der Waals surface area contributed by atoms with Gasteiger partial charge in [0.2, 0.25) is 0 Å². The van der Waals surface area contributed by atoms with Crippen molar-refractivity contribution >= 4 is 24.3 Å². The number of carboxylic acid groups (broad SMARTS) is 1. The zero-order valence-corrected chi connectivity index (χ0v) is 11.2. The number of carbonyl (C=O) groups is 2. The summed E-state index contributed by atoms with van der Waals surface area (Å²) in [4.78, 5) is 23.1. The second kappa shape index (κ2) is 7.40. The van der Waals surface area contributed by atoms with E-state index in [1.54, 1.807) is 0 Å². The Bertz CT molecular complexity index is 374. The minimum atomic E-state index is -2.66. The van der Waals surface area contributed by atoms with E-state index in [4.69, 9.17) is 9.84 Å². The molecule has 0 saturated carbocycles. The van der Waals surface area contributed by atoms with Crippen LogP contribution in [0.25, 0.3) is 0 Å². The monoisotopic (exact) mass is 299 g/mol. The van der Waals surface area contributed by atoms with Gasteiger partial charge in [-0.3, -0.25) is 4.90 Å². The molecule has 0 bridgehead atoms. The van der Waals surface area contributed by atoms with Gasteiger partial charge in [0, 0.05) is 31.2 Å². The van der Waals surface area contributed by atoms with E-state index in [-0.39, 0.29) is 50.6 Å². The molecule has 8 heteroatoms. The van der Waals surface area contributed by atoms with Crippen LogP contribution in [0.15, 0.2) is 11.6 Å². The Hall–Kier alpha value is -1.21. The van der Waals surface area contributed by atoms with Gasteiger partial charge in [0.25, 0.3) is 5.92 Å². The van der Waals surface area contributed by atoms with Gasteiger partial charge in [0.05, 0.1) is 6.54 Å². The van der Waals surface area contributed by atoms with Crippen molar-refractivity contribution in [2.75, 3.05) is 26.2 Å². The predicted molar refractivity (Wildman–Crippen MR) is 65.6 cm³/mol. The lowest BCUT2D eigenvalue weighted by Gasteiger charge is -2.15. The molecule has 0 unspecified atom stereocenters. The highest BCUT2D eigenvalue weighted by Gasteiger charge is 2.37. The molecular weight excluding hydrogens is 284 g/mol.